The summed E-state index contributed by atoms with van der Waals surface area (Å²) >= 11 is 0. The highest BCUT2D eigenvalue weighted by molar-refractivity contribution is 6.36. The van der Waals surface area contributed by atoms with Crippen LogP contribution in [0.4, 0.5) is 0 Å². The van der Waals surface area contributed by atoms with Crippen molar-refractivity contribution in [1.29, 1.82) is 0 Å². The van der Waals surface area contributed by atoms with Gasteiger partial charge in [0.2, 0.25) is 0 Å². The molecule has 1 saturated heterocycles. The fraction of sp³-hybridized carbons (Fsp3) is 0.545. The van der Waals surface area contributed by atoms with Crippen LogP contribution in [0.25, 0.3) is 10.9 Å². The summed E-state index contributed by atoms with van der Waals surface area (Å²) in [6, 6.07) is 8.67. The molecule has 2 aliphatic heterocycles. The second kappa shape index (κ2) is 7.59. The minimum absolute atomic E-state index is 0.133. The van der Waals surface area contributed by atoms with Crippen LogP contribution in [-0.2, 0) is 16.0 Å². The van der Waals surface area contributed by atoms with E-state index in [4.69, 9.17) is 4.74 Å². The molecular formula is C22H29N3O3. The van der Waals surface area contributed by atoms with Gasteiger partial charge >= 0.3 is 5.97 Å². The third-order valence-corrected chi connectivity index (χ3v) is 6.69. The maximum atomic E-state index is 12.3. The molecule has 2 N–H and O–H groups in total. The van der Waals surface area contributed by atoms with Gasteiger partial charge in [-0.1, -0.05) is 30.3 Å². The van der Waals surface area contributed by atoms with E-state index in [1.807, 2.05) is 0 Å². The zero-order valence-corrected chi connectivity index (χ0v) is 16.7. The molecule has 0 unspecified atom stereocenters. The first-order valence-electron chi connectivity index (χ1n) is 10.3. The van der Waals surface area contributed by atoms with E-state index in [2.05, 4.69) is 46.2 Å². The number of piperidine rings is 1. The number of carbonyl (C=O) groups excluding carboxylic acids is 1. The molecule has 2 aromatic rings. The Morgan fingerprint density at radius 2 is 2.18 bits per heavy atom. The Morgan fingerprint density at radius 1 is 1.36 bits per heavy atom. The highest BCUT2D eigenvalue weighted by Crippen LogP contribution is 2.53. The lowest BCUT2D eigenvalue weighted by Gasteiger charge is -2.52. The molecule has 4 rings (SSSR count). The van der Waals surface area contributed by atoms with Gasteiger partial charge < -0.3 is 14.9 Å². The van der Waals surface area contributed by atoms with Crippen LogP contribution in [0, 0.1) is 5.41 Å². The predicted molar refractivity (Wildman–Crippen MR) is 109 cm³/mol. The lowest BCUT2D eigenvalue weighted by atomic mass is 9.65. The van der Waals surface area contributed by atoms with Gasteiger partial charge in [0.05, 0.1) is 12.6 Å². The molecular weight excluding hydrogens is 354 g/mol. The first-order valence-corrected chi connectivity index (χ1v) is 10.3. The Labute approximate surface area is 165 Å². The van der Waals surface area contributed by atoms with Crippen LogP contribution in [0.1, 0.15) is 56.8 Å². The lowest BCUT2D eigenvalue weighted by molar-refractivity contribution is -0.135. The zero-order valence-electron chi connectivity index (χ0n) is 16.7. The highest BCUT2D eigenvalue weighted by atomic mass is 16.5. The van der Waals surface area contributed by atoms with Gasteiger partial charge in [0.25, 0.3) is 0 Å². The third-order valence-electron chi connectivity index (χ3n) is 6.69. The van der Waals surface area contributed by atoms with Gasteiger partial charge in [0.1, 0.15) is 0 Å². The van der Waals surface area contributed by atoms with Crippen LogP contribution in [0.3, 0.4) is 0 Å². The number of aromatic nitrogens is 1. The fourth-order valence-electron chi connectivity index (χ4n) is 5.37. The molecule has 150 valence electrons. The smallest absolute Gasteiger partial charge is 0.356 e. The number of fused-ring (bicyclic) bond motifs is 5. The molecule has 3 heterocycles. The average molecular weight is 383 g/mol. The number of aromatic amines is 1. The number of nitrogens with zero attached hydrogens (tertiary/aromatic N) is 2. The number of benzene rings is 1. The summed E-state index contributed by atoms with van der Waals surface area (Å²) in [4.78, 5) is 18.6. The maximum absolute atomic E-state index is 12.3. The Kier molecular flexibility index (Phi) is 5.15. The Morgan fingerprint density at radius 3 is 2.93 bits per heavy atom. The second-order valence-electron chi connectivity index (χ2n) is 8.01. The number of rotatable bonds is 5. The number of carbonyl (C=O) groups is 1. The summed E-state index contributed by atoms with van der Waals surface area (Å²) in [6.45, 7) is 6.31. The molecule has 2 aliphatic rings. The van der Waals surface area contributed by atoms with Crippen molar-refractivity contribution in [3.63, 3.8) is 0 Å². The molecule has 0 spiro atoms. The van der Waals surface area contributed by atoms with E-state index < -0.39 is 5.97 Å². The van der Waals surface area contributed by atoms with Crippen LogP contribution in [0.5, 0.6) is 0 Å². The van der Waals surface area contributed by atoms with Crippen molar-refractivity contribution in [2.75, 3.05) is 19.7 Å². The highest BCUT2D eigenvalue weighted by Gasteiger charge is 2.48. The summed E-state index contributed by atoms with van der Waals surface area (Å²) < 4.78 is 5.13. The summed E-state index contributed by atoms with van der Waals surface area (Å²) in [5, 5.41) is 14.2. The van der Waals surface area contributed by atoms with Crippen molar-refractivity contribution >= 4 is 22.6 Å². The minimum atomic E-state index is -0.511. The van der Waals surface area contributed by atoms with Gasteiger partial charge in [-0.2, -0.15) is 0 Å². The number of nitrogens with one attached hydrogen (secondary N) is 1. The number of ether oxygens (including phenoxy) is 1. The number of hydrogen-bond acceptors (Lipinski definition) is 5. The zero-order chi connectivity index (χ0) is 19.7. The van der Waals surface area contributed by atoms with Crippen LogP contribution < -0.4 is 0 Å². The van der Waals surface area contributed by atoms with Crippen LogP contribution >= 0.6 is 0 Å². The Balaban J connectivity index is 1.78. The molecule has 0 amide bonds. The van der Waals surface area contributed by atoms with E-state index >= 15 is 0 Å². The summed E-state index contributed by atoms with van der Waals surface area (Å²) in [5.74, 6) is -0.511. The van der Waals surface area contributed by atoms with Gasteiger partial charge in [-0.3, -0.25) is 4.90 Å². The molecule has 0 radical (unpaired) electrons. The number of hydrogen-bond donors (Lipinski definition) is 2. The fourth-order valence-corrected chi connectivity index (χ4v) is 5.37. The standard InChI is InChI=1S/C22H29N3O3/c1-3-22(14-18(24-27)21(26)28-4-2)11-7-12-25-13-10-16-15-8-5-6-9-17(15)23-19(16)20(22)25/h5-6,8-9,20,23,27H,3-4,7,10-14H2,1-2H3/b24-18-/t20-,22+/m1/s1. The molecule has 1 fully saturated rings. The van der Waals surface area contributed by atoms with Crippen molar-refractivity contribution in [3.8, 4) is 0 Å². The topological polar surface area (TPSA) is 77.9 Å². The van der Waals surface area contributed by atoms with Gasteiger partial charge in [-0.25, -0.2) is 4.79 Å². The molecule has 0 saturated carbocycles. The van der Waals surface area contributed by atoms with E-state index in [0.29, 0.717) is 6.42 Å². The number of H-pyrrole nitrogens is 1. The SMILES string of the molecule is CCOC(=O)/C(C[C@]1(CC)CCCN2CCc3c([nH]c4ccccc34)[C@@H]21)=N\O. The van der Waals surface area contributed by atoms with Gasteiger partial charge in [-0.15, -0.1) is 0 Å². The molecule has 6 heteroatoms. The minimum Gasteiger partial charge on any atom is -0.461 e. The predicted octanol–water partition coefficient (Wildman–Crippen LogP) is 4.04. The summed E-state index contributed by atoms with van der Waals surface area (Å²) in [6.07, 6.45) is 4.45. The Bertz CT molecular complexity index is 904. The molecule has 0 bridgehead atoms. The first kappa shape index (κ1) is 19.0. The number of para-hydroxylation sites is 1. The molecule has 28 heavy (non-hydrogen) atoms. The van der Waals surface area contributed by atoms with Crippen LogP contribution in [-0.4, -0.2) is 46.5 Å². The average Bonchev–Trinajstić information content (AvgIpc) is 3.10. The van der Waals surface area contributed by atoms with E-state index in [-0.39, 0.29) is 23.8 Å². The molecule has 2 atom stereocenters. The third kappa shape index (κ3) is 3.00. The molecule has 6 nitrogen and oxygen atoms in total. The normalized spacial score (nSPS) is 25.4. The quantitative estimate of drug-likeness (QED) is 0.353. The first-order chi connectivity index (χ1) is 13.6. The van der Waals surface area contributed by atoms with E-state index in [1.165, 1.54) is 22.2 Å². The lowest BCUT2D eigenvalue weighted by Crippen LogP contribution is -2.50. The van der Waals surface area contributed by atoms with Gasteiger partial charge in [-0.05, 0) is 56.2 Å². The van der Waals surface area contributed by atoms with E-state index in [0.717, 1.165) is 38.8 Å². The molecule has 1 aromatic carbocycles. The van der Waals surface area contributed by atoms with Crippen molar-refractivity contribution in [1.82, 2.24) is 9.88 Å². The van der Waals surface area contributed by atoms with Crippen LogP contribution in [0.2, 0.25) is 0 Å². The van der Waals surface area contributed by atoms with Crippen molar-refractivity contribution in [2.45, 2.75) is 52.0 Å². The largest absolute Gasteiger partial charge is 0.461 e. The number of oxime groups is 1. The summed E-state index contributed by atoms with van der Waals surface area (Å²) in [7, 11) is 0. The van der Waals surface area contributed by atoms with Crippen molar-refractivity contribution in [3.05, 3.63) is 35.5 Å². The van der Waals surface area contributed by atoms with E-state index in [9.17, 15) is 10.0 Å². The maximum Gasteiger partial charge on any atom is 0.356 e. The van der Waals surface area contributed by atoms with Crippen molar-refractivity contribution in [2.24, 2.45) is 10.6 Å². The van der Waals surface area contributed by atoms with Gasteiger partial charge in [0, 0.05) is 29.6 Å². The van der Waals surface area contributed by atoms with Crippen LogP contribution in [0.15, 0.2) is 29.4 Å². The van der Waals surface area contributed by atoms with E-state index in [1.54, 1.807) is 6.92 Å². The second-order valence-corrected chi connectivity index (χ2v) is 8.01. The monoisotopic (exact) mass is 383 g/mol. The van der Waals surface area contributed by atoms with Gasteiger partial charge in [0.15, 0.2) is 5.71 Å². The Hall–Kier alpha value is -2.34. The molecule has 0 aliphatic carbocycles. The van der Waals surface area contributed by atoms with Crippen molar-refractivity contribution < 1.29 is 14.7 Å². The number of esters is 1. The summed E-state index contributed by atoms with van der Waals surface area (Å²) in [5.41, 5.74) is 3.81. The molecule has 1 aromatic heterocycles.